The largest absolute Gasteiger partial charge is 0.573 e. The van der Waals surface area contributed by atoms with Gasteiger partial charge in [0.05, 0.1) is 13.2 Å². The van der Waals surface area contributed by atoms with Crippen molar-refractivity contribution >= 4 is 11.9 Å². The zero-order chi connectivity index (χ0) is 16.3. The Morgan fingerprint density at radius 1 is 1.36 bits per heavy atom. The molecule has 0 aromatic heterocycles. The highest BCUT2D eigenvalue weighted by molar-refractivity contribution is 6.31. The van der Waals surface area contributed by atoms with Crippen molar-refractivity contribution in [1.82, 2.24) is 4.90 Å². The predicted molar refractivity (Wildman–Crippen MR) is 66.0 cm³/mol. The number of carbonyl (C=O) groups is 2. The van der Waals surface area contributed by atoms with Crippen LogP contribution in [-0.2, 0) is 14.3 Å². The van der Waals surface area contributed by atoms with Gasteiger partial charge in [-0.3, -0.25) is 4.79 Å². The molecule has 0 aliphatic carbocycles. The highest BCUT2D eigenvalue weighted by Crippen LogP contribution is 2.28. The number of aliphatic carboxylic acids is 1. The molecular weight excluding hydrogens is 307 g/mol. The number of carboxylic acids is 1. The van der Waals surface area contributed by atoms with Gasteiger partial charge in [0, 0.05) is 6.54 Å². The van der Waals surface area contributed by atoms with Gasteiger partial charge in [-0.15, -0.1) is 13.2 Å². The first kappa shape index (κ1) is 16.1. The number of carboxylic acid groups (broad SMARTS) is 1. The summed E-state index contributed by atoms with van der Waals surface area (Å²) < 4.78 is 45.8. The number of halogens is 3. The lowest BCUT2D eigenvalue weighted by Crippen LogP contribution is -2.45. The second-order valence-corrected chi connectivity index (χ2v) is 4.54. The number of benzene rings is 1. The molecule has 6 nitrogen and oxygen atoms in total. The van der Waals surface area contributed by atoms with Crippen LogP contribution in [0.25, 0.3) is 0 Å². The summed E-state index contributed by atoms with van der Waals surface area (Å²) in [5.74, 6) is -3.07. The number of amides is 1. The van der Waals surface area contributed by atoms with Crippen molar-refractivity contribution < 1.29 is 37.3 Å². The average molecular weight is 319 g/mol. The lowest BCUT2D eigenvalue weighted by molar-refractivity contribution is -0.274. The van der Waals surface area contributed by atoms with Gasteiger partial charge < -0.3 is 19.5 Å². The molecule has 1 heterocycles. The monoisotopic (exact) mass is 319 g/mol. The summed E-state index contributed by atoms with van der Waals surface area (Å²) in [5, 5.41) is 8.69. The zero-order valence-corrected chi connectivity index (χ0v) is 11.2. The highest BCUT2D eigenvalue weighted by atomic mass is 19.4. The van der Waals surface area contributed by atoms with Crippen molar-refractivity contribution in [3.8, 4) is 5.75 Å². The summed E-state index contributed by atoms with van der Waals surface area (Å²) in [6.07, 6.45) is -5.52. The summed E-state index contributed by atoms with van der Waals surface area (Å²) in [5.41, 5.74) is 0.365. The van der Waals surface area contributed by atoms with Crippen molar-refractivity contribution in [2.24, 2.45) is 0 Å². The average Bonchev–Trinajstić information content (AvgIpc) is 2.45. The minimum atomic E-state index is -4.81. The fourth-order valence-electron chi connectivity index (χ4n) is 2.08. The predicted octanol–water partition coefficient (Wildman–Crippen LogP) is 1.57. The third kappa shape index (κ3) is 4.10. The number of ether oxygens (including phenoxy) is 2. The van der Waals surface area contributed by atoms with Crippen molar-refractivity contribution in [1.29, 1.82) is 0 Å². The molecule has 9 heteroatoms. The first-order chi connectivity index (χ1) is 10.3. The summed E-state index contributed by atoms with van der Waals surface area (Å²) in [7, 11) is 0. The molecule has 1 amide bonds. The maximum Gasteiger partial charge on any atom is 0.573 e. The molecule has 0 spiro atoms. The SMILES string of the molecule is O=C(O)C(=O)N1CCOC(c2cccc(OC(F)(F)F)c2)C1. The van der Waals surface area contributed by atoms with Crippen LogP contribution in [0.1, 0.15) is 11.7 Å². The van der Waals surface area contributed by atoms with E-state index in [4.69, 9.17) is 9.84 Å². The first-order valence-corrected chi connectivity index (χ1v) is 6.26. The van der Waals surface area contributed by atoms with Crippen LogP contribution in [0.4, 0.5) is 13.2 Å². The minimum Gasteiger partial charge on any atom is -0.474 e. The lowest BCUT2D eigenvalue weighted by Gasteiger charge is -2.32. The maximum atomic E-state index is 12.2. The van der Waals surface area contributed by atoms with Crippen LogP contribution in [0.3, 0.4) is 0 Å². The van der Waals surface area contributed by atoms with E-state index in [0.717, 1.165) is 17.0 Å². The Morgan fingerprint density at radius 2 is 2.09 bits per heavy atom. The van der Waals surface area contributed by atoms with Crippen LogP contribution < -0.4 is 4.74 Å². The smallest absolute Gasteiger partial charge is 0.474 e. The van der Waals surface area contributed by atoms with Crippen LogP contribution in [0.2, 0.25) is 0 Å². The fraction of sp³-hybridized carbons (Fsp3) is 0.385. The van der Waals surface area contributed by atoms with Gasteiger partial charge in [-0.1, -0.05) is 12.1 Å². The molecule has 1 aliphatic heterocycles. The maximum absolute atomic E-state index is 12.2. The van der Waals surface area contributed by atoms with Gasteiger partial charge in [0.1, 0.15) is 11.9 Å². The zero-order valence-electron chi connectivity index (χ0n) is 11.2. The number of hydrogen-bond acceptors (Lipinski definition) is 4. The van der Waals surface area contributed by atoms with Crippen molar-refractivity contribution in [2.75, 3.05) is 19.7 Å². The van der Waals surface area contributed by atoms with Gasteiger partial charge in [-0.25, -0.2) is 4.79 Å². The molecule has 22 heavy (non-hydrogen) atoms. The van der Waals surface area contributed by atoms with E-state index in [-0.39, 0.29) is 19.7 Å². The third-order valence-electron chi connectivity index (χ3n) is 3.00. The lowest BCUT2D eigenvalue weighted by atomic mass is 10.1. The van der Waals surface area contributed by atoms with E-state index >= 15 is 0 Å². The van der Waals surface area contributed by atoms with Crippen LogP contribution in [0, 0.1) is 0 Å². The van der Waals surface area contributed by atoms with Gasteiger partial charge >= 0.3 is 18.2 Å². The fourth-order valence-corrected chi connectivity index (χ4v) is 2.08. The van der Waals surface area contributed by atoms with Gasteiger partial charge in [0.2, 0.25) is 0 Å². The summed E-state index contributed by atoms with van der Waals surface area (Å²) in [6, 6.07) is 5.16. The molecule has 1 fully saturated rings. The summed E-state index contributed by atoms with van der Waals surface area (Å²) in [4.78, 5) is 23.2. The van der Waals surface area contributed by atoms with Crippen molar-refractivity contribution in [2.45, 2.75) is 12.5 Å². The Bertz CT molecular complexity index is 575. The molecule has 2 rings (SSSR count). The van der Waals surface area contributed by atoms with Crippen LogP contribution >= 0.6 is 0 Å². The standard InChI is InChI=1S/C13H12F3NO5/c14-13(15,16)22-9-3-1-2-8(6-9)10-7-17(4-5-21-10)11(18)12(19)20/h1-3,6,10H,4-5,7H2,(H,19,20). The van der Waals surface area contributed by atoms with E-state index in [1.807, 2.05) is 0 Å². The summed E-state index contributed by atoms with van der Waals surface area (Å²) >= 11 is 0. The van der Waals surface area contributed by atoms with E-state index in [1.165, 1.54) is 12.1 Å². The van der Waals surface area contributed by atoms with Crippen LogP contribution in [-0.4, -0.2) is 47.9 Å². The molecule has 1 unspecified atom stereocenters. The molecular formula is C13H12F3NO5. The minimum absolute atomic E-state index is 0.0550. The molecule has 0 saturated carbocycles. The number of alkyl halides is 3. The molecule has 0 radical (unpaired) electrons. The Balaban J connectivity index is 2.12. The molecule has 120 valence electrons. The number of carbonyl (C=O) groups excluding carboxylic acids is 1. The summed E-state index contributed by atoms with van der Waals surface area (Å²) in [6.45, 7) is 0.148. The van der Waals surface area contributed by atoms with Gasteiger partial charge in [-0.05, 0) is 17.7 Å². The van der Waals surface area contributed by atoms with Gasteiger partial charge in [0.15, 0.2) is 0 Å². The molecule has 1 N–H and O–H groups in total. The normalized spacial score (nSPS) is 18.9. The van der Waals surface area contributed by atoms with E-state index < -0.39 is 30.1 Å². The second-order valence-electron chi connectivity index (χ2n) is 4.54. The van der Waals surface area contributed by atoms with Crippen molar-refractivity contribution in [3.63, 3.8) is 0 Å². The Labute approximate surface area is 123 Å². The molecule has 1 atom stereocenters. The number of morpholine rings is 1. The van der Waals surface area contributed by atoms with Gasteiger partial charge in [0.25, 0.3) is 0 Å². The molecule has 1 saturated heterocycles. The van der Waals surface area contributed by atoms with E-state index in [9.17, 15) is 22.8 Å². The quantitative estimate of drug-likeness (QED) is 0.838. The molecule has 1 aromatic carbocycles. The van der Waals surface area contributed by atoms with E-state index in [1.54, 1.807) is 0 Å². The van der Waals surface area contributed by atoms with E-state index in [0.29, 0.717) is 5.56 Å². The number of rotatable bonds is 2. The third-order valence-corrected chi connectivity index (χ3v) is 3.00. The first-order valence-electron chi connectivity index (χ1n) is 6.26. The number of nitrogens with zero attached hydrogens (tertiary/aromatic N) is 1. The highest BCUT2D eigenvalue weighted by Gasteiger charge is 2.32. The molecule has 1 aromatic rings. The topological polar surface area (TPSA) is 76.1 Å². The van der Waals surface area contributed by atoms with Crippen molar-refractivity contribution in [3.05, 3.63) is 29.8 Å². The molecule has 1 aliphatic rings. The second kappa shape index (κ2) is 6.22. The Kier molecular flexibility index (Phi) is 4.55. The molecule has 0 bridgehead atoms. The van der Waals surface area contributed by atoms with E-state index in [2.05, 4.69) is 4.74 Å². The number of hydrogen-bond donors (Lipinski definition) is 1. The Hall–Kier alpha value is -2.29. The Morgan fingerprint density at radius 3 is 2.73 bits per heavy atom. The van der Waals surface area contributed by atoms with Gasteiger partial charge in [-0.2, -0.15) is 0 Å². The van der Waals surface area contributed by atoms with Crippen LogP contribution in [0.15, 0.2) is 24.3 Å². The van der Waals surface area contributed by atoms with Crippen LogP contribution in [0.5, 0.6) is 5.75 Å².